The molecule has 0 amide bonds. The van der Waals surface area contributed by atoms with Crippen LogP contribution >= 0.6 is 0 Å². The van der Waals surface area contributed by atoms with Crippen LogP contribution in [0.15, 0.2) is 53.4 Å². The van der Waals surface area contributed by atoms with E-state index in [0.717, 1.165) is 11.8 Å². The van der Waals surface area contributed by atoms with E-state index in [2.05, 4.69) is 0 Å². The predicted molar refractivity (Wildman–Crippen MR) is 76.0 cm³/mol. The van der Waals surface area contributed by atoms with Crippen molar-refractivity contribution in [3.63, 3.8) is 0 Å². The Morgan fingerprint density at radius 2 is 1.38 bits per heavy atom. The average molecular weight is 312 g/mol. The van der Waals surface area contributed by atoms with Crippen LogP contribution in [0.4, 0.5) is 8.78 Å². The minimum absolute atomic E-state index is 0.203. The van der Waals surface area contributed by atoms with Crippen molar-refractivity contribution < 1.29 is 22.3 Å². The first kappa shape index (κ1) is 15.6. The molecule has 21 heavy (non-hydrogen) atoms. The lowest BCUT2D eigenvalue weighted by Crippen LogP contribution is -2.18. The second-order valence-electron chi connectivity index (χ2n) is 4.74. The summed E-state index contributed by atoms with van der Waals surface area (Å²) in [6, 6.07) is 11.7. The minimum Gasteiger partial charge on any atom is -0.390 e. The highest BCUT2D eigenvalue weighted by Gasteiger charge is 2.30. The largest absolute Gasteiger partial charge is 0.390 e. The first-order valence-electron chi connectivity index (χ1n) is 6.14. The van der Waals surface area contributed by atoms with Crippen LogP contribution in [0.25, 0.3) is 11.1 Å². The molecule has 6 heteroatoms. The van der Waals surface area contributed by atoms with Gasteiger partial charge in [-0.05, 0) is 23.3 Å². The van der Waals surface area contributed by atoms with Crippen LogP contribution in [-0.2, 0) is 15.8 Å². The highest BCUT2D eigenvalue weighted by atomic mass is 32.2. The van der Waals surface area contributed by atoms with Crippen molar-refractivity contribution in [3.05, 3.63) is 54.1 Å². The van der Waals surface area contributed by atoms with Crippen molar-refractivity contribution in [1.29, 1.82) is 0 Å². The maximum atomic E-state index is 13.3. The highest BCUT2D eigenvalue weighted by Crippen LogP contribution is 2.29. The molecule has 112 valence electrons. The summed E-state index contributed by atoms with van der Waals surface area (Å²) in [5.41, 5.74) is 1.15. The number of benzene rings is 2. The summed E-state index contributed by atoms with van der Waals surface area (Å²) in [5.74, 6) is -3.27. The van der Waals surface area contributed by atoms with E-state index in [1.54, 1.807) is 12.1 Å². The Kier molecular flexibility index (Phi) is 4.11. The molecule has 0 fully saturated rings. The van der Waals surface area contributed by atoms with Crippen molar-refractivity contribution in [1.82, 2.24) is 0 Å². The van der Waals surface area contributed by atoms with Gasteiger partial charge in [0.2, 0.25) is 0 Å². The number of hydrogen-bond acceptors (Lipinski definition) is 3. The number of hydrogen-bond donors (Lipinski definition) is 1. The Labute approximate surface area is 121 Å². The normalized spacial score (nSPS) is 12.4. The molecule has 0 aliphatic carbocycles. The maximum Gasteiger partial charge on any atom is 0.295 e. The molecule has 2 rings (SSSR count). The van der Waals surface area contributed by atoms with Crippen molar-refractivity contribution in [2.45, 2.75) is 10.8 Å². The fourth-order valence-corrected chi connectivity index (χ4v) is 2.52. The molecule has 3 nitrogen and oxygen atoms in total. The van der Waals surface area contributed by atoms with Crippen LogP contribution in [0.2, 0.25) is 0 Å². The lowest BCUT2D eigenvalue weighted by Gasteiger charge is -2.14. The van der Waals surface area contributed by atoms with Crippen molar-refractivity contribution in [2.24, 2.45) is 0 Å². The highest BCUT2D eigenvalue weighted by molar-refractivity contribution is 7.90. The van der Waals surface area contributed by atoms with Gasteiger partial charge in [-0.15, -0.1) is 0 Å². The molecule has 0 saturated heterocycles. The third-order valence-electron chi connectivity index (χ3n) is 3.12. The van der Waals surface area contributed by atoms with E-state index < -0.39 is 22.4 Å². The lowest BCUT2D eigenvalue weighted by molar-refractivity contribution is -0.0556. The van der Waals surface area contributed by atoms with Gasteiger partial charge in [-0.25, -0.2) is 8.42 Å². The summed E-state index contributed by atoms with van der Waals surface area (Å²) in [5, 5.41) is 8.63. The molecule has 2 aromatic rings. The van der Waals surface area contributed by atoms with Crippen LogP contribution in [0.5, 0.6) is 0 Å². The van der Waals surface area contributed by atoms with Gasteiger partial charge in [0.25, 0.3) is 5.92 Å². The van der Waals surface area contributed by atoms with Crippen molar-refractivity contribution in [3.8, 4) is 11.1 Å². The first-order chi connectivity index (χ1) is 9.74. The molecule has 0 atom stereocenters. The first-order valence-corrected chi connectivity index (χ1v) is 8.03. The SMILES string of the molecule is CS(=O)(=O)c1ccc(-c2ccc(C(F)(F)CO)cc2)cc1. The Morgan fingerprint density at radius 1 is 0.952 bits per heavy atom. The van der Waals surface area contributed by atoms with E-state index >= 15 is 0 Å². The Bertz CT molecular complexity index is 721. The number of sulfone groups is 1. The smallest absolute Gasteiger partial charge is 0.295 e. The number of aliphatic hydroxyl groups is 1. The van der Waals surface area contributed by atoms with Gasteiger partial charge < -0.3 is 5.11 Å². The van der Waals surface area contributed by atoms with Crippen LogP contribution in [-0.4, -0.2) is 26.4 Å². The van der Waals surface area contributed by atoms with E-state index in [1.165, 1.54) is 36.4 Å². The van der Waals surface area contributed by atoms with Gasteiger partial charge in [0.15, 0.2) is 9.84 Å². The quantitative estimate of drug-likeness (QED) is 0.944. The van der Waals surface area contributed by atoms with Gasteiger partial charge in [-0.1, -0.05) is 36.4 Å². The molecule has 0 aliphatic heterocycles. The molecule has 2 aromatic carbocycles. The zero-order chi connectivity index (χ0) is 15.7. The average Bonchev–Trinajstić information content (AvgIpc) is 2.47. The number of halogens is 2. The summed E-state index contributed by atoms with van der Waals surface area (Å²) in [6.07, 6.45) is 1.12. The molecule has 0 heterocycles. The second kappa shape index (κ2) is 5.54. The van der Waals surface area contributed by atoms with Crippen LogP contribution in [0, 0.1) is 0 Å². The van der Waals surface area contributed by atoms with E-state index in [9.17, 15) is 17.2 Å². The molecule has 0 radical (unpaired) electrons. The van der Waals surface area contributed by atoms with Gasteiger partial charge in [0.05, 0.1) is 4.90 Å². The standard InChI is InChI=1S/C15H14F2O3S/c1-21(19,20)14-8-4-12(5-9-14)11-2-6-13(7-3-11)15(16,17)10-18/h2-9,18H,10H2,1H3. The van der Waals surface area contributed by atoms with Gasteiger partial charge in [-0.3, -0.25) is 0 Å². The number of alkyl halides is 2. The van der Waals surface area contributed by atoms with Crippen molar-refractivity contribution in [2.75, 3.05) is 12.9 Å². The zero-order valence-corrected chi connectivity index (χ0v) is 12.1. The zero-order valence-electron chi connectivity index (χ0n) is 11.3. The molecular formula is C15H14F2O3S. The van der Waals surface area contributed by atoms with E-state index in [-0.39, 0.29) is 10.5 Å². The summed E-state index contributed by atoms with van der Waals surface area (Å²) < 4.78 is 49.3. The molecule has 0 bridgehead atoms. The molecule has 0 unspecified atom stereocenters. The van der Waals surface area contributed by atoms with Crippen molar-refractivity contribution >= 4 is 9.84 Å². The topological polar surface area (TPSA) is 54.4 Å². The van der Waals surface area contributed by atoms with Crippen LogP contribution in [0.3, 0.4) is 0 Å². The Hall–Kier alpha value is -1.79. The van der Waals surface area contributed by atoms with Crippen LogP contribution < -0.4 is 0 Å². The van der Waals surface area contributed by atoms with Gasteiger partial charge in [0, 0.05) is 11.8 Å². The van der Waals surface area contributed by atoms with E-state index in [1.807, 2.05) is 0 Å². The molecule has 0 aromatic heterocycles. The molecule has 0 aliphatic rings. The molecule has 0 spiro atoms. The second-order valence-corrected chi connectivity index (χ2v) is 6.75. The monoisotopic (exact) mass is 312 g/mol. The van der Waals surface area contributed by atoms with E-state index in [4.69, 9.17) is 5.11 Å². The third-order valence-corrected chi connectivity index (χ3v) is 4.25. The number of aliphatic hydroxyl groups excluding tert-OH is 1. The van der Waals surface area contributed by atoms with Gasteiger partial charge in [-0.2, -0.15) is 8.78 Å². The number of rotatable bonds is 4. The summed E-state index contributed by atoms with van der Waals surface area (Å²) >= 11 is 0. The predicted octanol–water partition coefficient (Wildman–Crippen LogP) is 2.84. The van der Waals surface area contributed by atoms with Gasteiger partial charge in [0.1, 0.15) is 6.61 Å². The van der Waals surface area contributed by atoms with Gasteiger partial charge >= 0.3 is 0 Å². The fraction of sp³-hybridized carbons (Fsp3) is 0.200. The maximum absolute atomic E-state index is 13.3. The molecule has 0 saturated carbocycles. The van der Waals surface area contributed by atoms with Crippen LogP contribution in [0.1, 0.15) is 5.56 Å². The van der Waals surface area contributed by atoms with E-state index in [0.29, 0.717) is 5.56 Å². The summed E-state index contributed by atoms with van der Waals surface area (Å²) in [7, 11) is -3.26. The summed E-state index contributed by atoms with van der Waals surface area (Å²) in [6.45, 7) is -1.24. The molecule has 1 N–H and O–H groups in total. The Morgan fingerprint density at radius 3 is 1.76 bits per heavy atom. The Balaban J connectivity index is 2.31. The molecular weight excluding hydrogens is 298 g/mol. The minimum atomic E-state index is -3.27. The summed E-state index contributed by atoms with van der Waals surface area (Å²) in [4.78, 5) is 0.203. The fourth-order valence-electron chi connectivity index (χ4n) is 1.89. The lowest BCUT2D eigenvalue weighted by atomic mass is 10.0. The third kappa shape index (κ3) is 3.46.